The highest BCUT2D eigenvalue weighted by molar-refractivity contribution is 7.85. The second-order valence-electron chi connectivity index (χ2n) is 9.28. The molecule has 0 saturated carbocycles. The molecular formula is C27H51NO3S. The number of quaternary nitrogens is 1. The molecule has 0 N–H and O–H groups in total. The minimum absolute atomic E-state index is 0.178. The largest absolute Gasteiger partial charge is 0.744 e. The first-order valence-electron chi connectivity index (χ1n) is 13.1. The van der Waals surface area contributed by atoms with Gasteiger partial charge in [0.1, 0.15) is 10.1 Å². The lowest BCUT2D eigenvalue weighted by molar-refractivity contribution is -0.927. The Hall–Kier alpha value is -0.910. The fourth-order valence-electron chi connectivity index (χ4n) is 4.14. The van der Waals surface area contributed by atoms with Crippen LogP contribution in [0.5, 0.6) is 0 Å². The molecule has 0 atom stereocenters. The van der Waals surface area contributed by atoms with Crippen LogP contribution in [0.1, 0.15) is 110 Å². The summed E-state index contributed by atoms with van der Waals surface area (Å²) >= 11 is 0. The van der Waals surface area contributed by atoms with Gasteiger partial charge in [-0.25, -0.2) is 8.42 Å². The second kappa shape index (κ2) is 18.5. The lowest BCUT2D eigenvalue weighted by Crippen LogP contribution is -2.50. The Bertz CT molecular complexity index is 625. The molecule has 0 aliphatic carbocycles. The predicted molar refractivity (Wildman–Crippen MR) is 137 cm³/mol. The molecule has 0 fully saturated rings. The van der Waals surface area contributed by atoms with Gasteiger partial charge in [0.15, 0.2) is 0 Å². The molecule has 1 aromatic rings. The molecule has 1 rings (SSSR count). The molecule has 0 bridgehead atoms. The topological polar surface area (TPSA) is 57.2 Å². The Balaban J connectivity index is 0.000000726. The third kappa shape index (κ3) is 15.0. The summed E-state index contributed by atoms with van der Waals surface area (Å²) in [6, 6.07) is 5.78. The van der Waals surface area contributed by atoms with Gasteiger partial charge in [0.2, 0.25) is 0 Å². The quantitative estimate of drug-likeness (QED) is 0.135. The molecule has 0 radical (unpaired) electrons. The Kier molecular flexibility index (Phi) is 18.0. The van der Waals surface area contributed by atoms with Gasteiger partial charge in [0.25, 0.3) is 0 Å². The van der Waals surface area contributed by atoms with Crippen molar-refractivity contribution in [1.29, 1.82) is 0 Å². The van der Waals surface area contributed by atoms with Gasteiger partial charge in [0, 0.05) is 0 Å². The molecule has 0 unspecified atom stereocenters. The van der Waals surface area contributed by atoms with Crippen LogP contribution in [0.3, 0.4) is 0 Å². The molecule has 0 saturated heterocycles. The van der Waals surface area contributed by atoms with Crippen LogP contribution in [0.4, 0.5) is 0 Å². The fourth-order valence-corrected chi connectivity index (χ4v) is 4.61. The molecular weight excluding hydrogens is 418 g/mol. The maximum absolute atomic E-state index is 10.4. The van der Waals surface area contributed by atoms with Gasteiger partial charge >= 0.3 is 0 Å². The Labute approximate surface area is 200 Å². The van der Waals surface area contributed by atoms with Crippen LogP contribution in [-0.4, -0.2) is 43.6 Å². The molecule has 0 aromatic heterocycles. The summed E-state index contributed by atoms with van der Waals surface area (Å²) in [6.07, 6.45) is 17.0. The van der Waals surface area contributed by atoms with E-state index in [0.29, 0.717) is 0 Å². The number of nitrogens with zero attached hydrogens (tertiary/aromatic N) is 1. The fraction of sp³-hybridized carbons (Fsp3) is 0.778. The highest BCUT2D eigenvalue weighted by Gasteiger charge is 2.23. The van der Waals surface area contributed by atoms with Crippen molar-refractivity contribution in [2.75, 3.05) is 26.2 Å². The molecule has 1 aromatic carbocycles. The van der Waals surface area contributed by atoms with E-state index in [0.717, 1.165) is 5.56 Å². The maximum Gasteiger partial charge on any atom is 0.124 e. The van der Waals surface area contributed by atoms with Crippen LogP contribution in [0.2, 0.25) is 0 Å². The number of rotatable bonds is 17. The van der Waals surface area contributed by atoms with E-state index in [1.165, 1.54) is 120 Å². The highest BCUT2D eigenvalue weighted by Crippen LogP contribution is 2.17. The molecule has 4 nitrogen and oxygen atoms in total. The average molecular weight is 470 g/mol. The Morgan fingerprint density at radius 1 is 0.656 bits per heavy atom. The van der Waals surface area contributed by atoms with Gasteiger partial charge < -0.3 is 9.04 Å². The van der Waals surface area contributed by atoms with Crippen molar-refractivity contribution in [1.82, 2.24) is 0 Å². The van der Waals surface area contributed by atoms with Gasteiger partial charge in [-0.1, -0.05) is 77.0 Å². The van der Waals surface area contributed by atoms with Crippen molar-refractivity contribution in [2.45, 2.75) is 117 Å². The van der Waals surface area contributed by atoms with E-state index >= 15 is 0 Å². The Morgan fingerprint density at radius 3 is 1.31 bits per heavy atom. The van der Waals surface area contributed by atoms with E-state index < -0.39 is 10.1 Å². The zero-order valence-electron chi connectivity index (χ0n) is 21.7. The van der Waals surface area contributed by atoms with E-state index in [-0.39, 0.29) is 4.90 Å². The first-order valence-corrected chi connectivity index (χ1v) is 14.5. The lowest BCUT2D eigenvalue weighted by Gasteiger charge is -2.38. The molecule has 0 aliphatic rings. The highest BCUT2D eigenvalue weighted by atomic mass is 32.2. The third-order valence-electron chi connectivity index (χ3n) is 6.44. The number of hydrogen-bond acceptors (Lipinski definition) is 3. The summed E-state index contributed by atoms with van der Waals surface area (Å²) in [4.78, 5) is -0.178. The summed E-state index contributed by atoms with van der Waals surface area (Å²) < 4.78 is 32.6. The monoisotopic (exact) mass is 469 g/mol. The van der Waals surface area contributed by atoms with Crippen molar-refractivity contribution >= 4 is 10.1 Å². The van der Waals surface area contributed by atoms with E-state index in [1.807, 2.05) is 6.92 Å². The average Bonchev–Trinajstić information content (AvgIpc) is 2.77. The van der Waals surface area contributed by atoms with Gasteiger partial charge in [-0.05, 0) is 64.5 Å². The SMILES string of the molecule is CCCCCC[N+](CC)(CCCCCC)CCCCCC.Cc1ccc(S(=O)(=O)[O-])cc1. The van der Waals surface area contributed by atoms with Crippen molar-refractivity contribution in [3.8, 4) is 0 Å². The number of unbranched alkanes of at least 4 members (excludes halogenated alkanes) is 9. The molecule has 32 heavy (non-hydrogen) atoms. The summed E-state index contributed by atoms with van der Waals surface area (Å²) in [5.74, 6) is 0. The summed E-state index contributed by atoms with van der Waals surface area (Å²) in [5, 5.41) is 0. The third-order valence-corrected chi connectivity index (χ3v) is 7.29. The van der Waals surface area contributed by atoms with Crippen molar-refractivity contribution < 1.29 is 17.5 Å². The number of hydrogen-bond donors (Lipinski definition) is 0. The number of aryl methyl sites for hydroxylation is 1. The molecule has 0 spiro atoms. The normalized spacial score (nSPS) is 11.8. The maximum atomic E-state index is 10.4. The molecule has 0 aliphatic heterocycles. The van der Waals surface area contributed by atoms with E-state index in [4.69, 9.17) is 0 Å². The predicted octanol–water partition coefficient (Wildman–Crippen LogP) is 7.46. The van der Waals surface area contributed by atoms with Crippen molar-refractivity contribution in [2.24, 2.45) is 0 Å². The standard InChI is InChI=1S/C20H44N.C7H8O3S/c1-5-9-12-15-18-21(8-4,19-16-13-10-6-2)20-17-14-11-7-3;1-6-2-4-7(5-3-6)11(8,9)10/h5-20H2,1-4H3;2-5H,1H3,(H,8,9,10)/q+1;/p-1. The van der Waals surface area contributed by atoms with Crippen LogP contribution in [0.15, 0.2) is 29.2 Å². The minimum atomic E-state index is -4.27. The van der Waals surface area contributed by atoms with E-state index in [1.54, 1.807) is 12.1 Å². The van der Waals surface area contributed by atoms with Crippen molar-refractivity contribution in [3.63, 3.8) is 0 Å². The molecule has 0 amide bonds. The summed E-state index contributed by atoms with van der Waals surface area (Å²) in [6.45, 7) is 16.9. The van der Waals surface area contributed by atoms with Gasteiger partial charge in [-0.15, -0.1) is 0 Å². The lowest BCUT2D eigenvalue weighted by atomic mass is 10.1. The van der Waals surface area contributed by atoms with Gasteiger partial charge in [-0.3, -0.25) is 0 Å². The second-order valence-corrected chi connectivity index (χ2v) is 10.7. The van der Waals surface area contributed by atoms with Gasteiger partial charge in [0.05, 0.1) is 31.1 Å². The molecule has 5 heteroatoms. The van der Waals surface area contributed by atoms with Crippen LogP contribution in [0.25, 0.3) is 0 Å². The molecule has 0 heterocycles. The first kappa shape index (κ1) is 31.1. The Morgan fingerprint density at radius 2 is 1.03 bits per heavy atom. The van der Waals surface area contributed by atoms with Crippen LogP contribution < -0.4 is 0 Å². The van der Waals surface area contributed by atoms with Gasteiger partial charge in [-0.2, -0.15) is 0 Å². The first-order chi connectivity index (χ1) is 15.2. The zero-order valence-corrected chi connectivity index (χ0v) is 22.5. The van der Waals surface area contributed by atoms with Crippen LogP contribution in [-0.2, 0) is 10.1 Å². The van der Waals surface area contributed by atoms with Crippen molar-refractivity contribution in [3.05, 3.63) is 29.8 Å². The summed E-state index contributed by atoms with van der Waals surface area (Å²) in [5.41, 5.74) is 0.928. The summed E-state index contributed by atoms with van der Waals surface area (Å²) in [7, 11) is -4.27. The van der Waals surface area contributed by atoms with E-state index in [2.05, 4.69) is 27.7 Å². The molecule has 188 valence electrons. The minimum Gasteiger partial charge on any atom is -0.744 e. The smallest absolute Gasteiger partial charge is 0.124 e. The van der Waals surface area contributed by atoms with Crippen LogP contribution >= 0.6 is 0 Å². The zero-order chi connectivity index (χ0) is 24.3. The van der Waals surface area contributed by atoms with E-state index in [9.17, 15) is 13.0 Å². The van der Waals surface area contributed by atoms with Crippen LogP contribution in [0, 0.1) is 6.92 Å². The number of benzene rings is 1.